The number of hydrogen-bond acceptors (Lipinski definition) is 13. The molecule has 2 aliphatic rings. The van der Waals surface area contributed by atoms with Crippen molar-refractivity contribution in [3.05, 3.63) is 39.5 Å². The van der Waals surface area contributed by atoms with E-state index in [1.807, 2.05) is 24.3 Å². The Kier molecular flexibility index (Phi) is 7.81. The highest BCUT2D eigenvalue weighted by Crippen LogP contribution is 2.49. The normalized spacial score (nSPS) is 22.9. The van der Waals surface area contributed by atoms with Gasteiger partial charge in [0.05, 0.1) is 5.39 Å². The van der Waals surface area contributed by atoms with E-state index in [1.54, 1.807) is 4.57 Å². The SMILES string of the molecule is CC(=O)OC[C@H]1O[C@@H](n2c(=S)nc(N)c3c4c(sc32)Cc2ccccc2-4)[C@H](OC(C)=O)[C@@H](OC(C)=O)[C@@H]1OC(C)=O. The van der Waals surface area contributed by atoms with Crippen LogP contribution in [0.4, 0.5) is 5.82 Å². The number of hydrogen-bond donors (Lipinski definition) is 1. The highest BCUT2D eigenvalue weighted by atomic mass is 32.1. The standard InChI is InChI=1S/C27H27N3O9S2/c1-11(31)35-10-17-21(36-12(2)32)22(37-13(3)33)23(38-14(4)34)25(39-17)30-26-20(24(28)29-27(30)40)19-16-8-6-5-7-15(16)9-18(19)41-26/h5-8,17,21-23,25H,9-10H2,1-4H3,(H2,28,29,40)/t17-,21-,22+,23-,25-/m1/s1. The third-order valence-corrected chi connectivity index (χ3v) is 8.20. The lowest BCUT2D eigenvalue weighted by Crippen LogP contribution is -2.60. The Morgan fingerprint density at radius 3 is 2.29 bits per heavy atom. The van der Waals surface area contributed by atoms with Gasteiger partial charge < -0.3 is 29.4 Å². The van der Waals surface area contributed by atoms with Crippen LogP contribution in [0.5, 0.6) is 0 Å². The van der Waals surface area contributed by atoms with E-state index in [0.29, 0.717) is 16.6 Å². The van der Waals surface area contributed by atoms with Gasteiger partial charge in [0.25, 0.3) is 0 Å². The molecule has 5 atom stereocenters. The van der Waals surface area contributed by atoms with Gasteiger partial charge in [0.2, 0.25) is 4.77 Å². The highest BCUT2D eigenvalue weighted by molar-refractivity contribution is 7.71. The Balaban J connectivity index is 1.72. The summed E-state index contributed by atoms with van der Waals surface area (Å²) in [5.41, 5.74) is 9.53. The van der Waals surface area contributed by atoms with Crippen LogP contribution in [0, 0.1) is 4.77 Å². The molecule has 1 saturated heterocycles. The number of nitrogens with two attached hydrogens (primary N) is 1. The molecule has 5 rings (SSSR count). The Bertz CT molecular complexity index is 1630. The molecule has 1 aliphatic carbocycles. The number of benzene rings is 1. The summed E-state index contributed by atoms with van der Waals surface area (Å²) in [6, 6.07) is 7.97. The molecule has 0 amide bonds. The molecule has 0 spiro atoms. The zero-order valence-corrected chi connectivity index (χ0v) is 24.2. The minimum absolute atomic E-state index is 0.0177. The van der Waals surface area contributed by atoms with E-state index in [2.05, 4.69) is 4.98 Å². The number of ether oxygens (including phenoxy) is 5. The number of thiophene rings is 1. The summed E-state index contributed by atoms with van der Waals surface area (Å²) >= 11 is 7.09. The van der Waals surface area contributed by atoms with E-state index in [-0.39, 0.29) is 17.2 Å². The topological polar surface area (TPSA) is 158 Å². The number of nitrogens with zero attached hydrogens (tertiary/aromatic N) is 2. The Morgan fingerprint density at radius 1 is 1.00 bits per heavy atom. The fraction of sp³-hybridized carbons (Fsp3) is 0.407. The number of fused-ring (bicyclic) bond motifs is 5. The van der Waals surface area contributed by atoms with Crippen LogP contribution in [0.2, 0.25) is 0 Å². The molecule has 3 heterocycles. The molecule has 14 heteroatoms. The minimum Gasteiger partial charge on any atom is -0.463 e. The van der Waals surface area contributed by atoms with Crippen molar-refractivity contribution < 1.29 is 42.9 Å². The van der Waals surface area contributed by atoms with Crippen molar-refractivity contribution in [1.29, 1.82) is 0 Å². The monoisotopic (exact) mass is 601 g/mol. The first-order valence-electron chi connectivity index (χ1n) is 12.7. The summed E-state index contributed by atoms with van der Waals surface area (Å²) in [7, 11) is 0. The zero-order chi connectivity index (χ0) is 29.6. The second kappa shape index (κ2) is 11.2. The lowest BCUT2D eigenvalue weighted by Gasteiger charge is -2.44. The number of anilines is 1. The molecule has 12 nitrogen and oxygen atoms in total. The van der Waals surface area contributed by atoms with Crippen LogP contribution in [0.3, 0.4) is 0 Å². The highest BCUT2D eigenvalue weighted by Gasteiger charge is 2.53. The predicted molar refractivity (Wildman–Crippen MR) is 148 cm³/mol. The fourth-order valence-corrected chi connectivity index (χ4v) is 7.03. The molecule has 1 aromatic carbocycles. The molecule has 0 unspecified atom stereocenters. The summed E-state index contributed by atoms with van der Waals surface area (Å²) in [4.78, 5) is 54.4. The molecule has 1 fully saturated rings. The second-order valence-corrected chi connectivity index (χ2v) is 11.1. The predicted octanol–water partition coefficient (Wildman–Crippen LogP) is 3.24. The summed E-state index contributed by atoms with van der Waals surface area (Å²) in [5.74, 6) is -2.55. The number of aromatic nitrogens is 2. The van der Waals surface area contributed by atoms with Crippen LogP contribution >= 0.6 is 23.6 Å². The van der Waals surface area contributed by atoms with Crippen molar-refractivity contribution in [3.8, 4) is 11.1 Å². The van der Waals surface area contributed by atoms with Gasteiger partial charge in [-0.05, 0) is 23.3 Å². The molecule has 41 heavy (non-hydrogen) atoms. The van der Waals surface area contributed by atoms with Crippen molar-refractivity contribution in [2.75, 3.05) is 12.3 Å². The number of carbonyl (C=O) groups is 4. The van der Waals surface area contributed by atoms with E-state index < -0.39 is 54.5 Å². The lowest BCUT2D eigenvalue weighted by molar-refractivity contribution is -0.268. The molecular weight excluding hydrogens is 574 g/mol. The molecule has 2 aromatic heterocycles. The Morgan fingerprint density at radius 2 is 1.63 bits per heavy atom. The third kappa shape index (κ3) is 5.42. The maximum Gasteiger partial charge on any atom is 0.303 e. The average molecular weight is 602 g/mol. The molecule has 1 aliphatic heterocycles. The molecule has 3 aromatic rings. The van der Waals surface area contributed by atoms with Gasteiger partial charge in [0.1, 0.15) is 23.4 Å². The van der Waals surface area contributed by atoms with Gasteiger partial charge in [-0.2, -0.15) is 0 Å². The third-order valence-electron chi connectivity index (χ3n) is 6.72. The fourth-order valence-electron chi connectivity index (χ4n) is 5.31. The number of nitrogen functional groups attached to an aromatic ring is 1. The molecule has 216 valence electrons. The van der Waals surface area contributed by atoms with Crippen molar-refractivity contribution in [3.63, 3.8) is 0 Å². The quantitative estimate of drug-likeness (QED) is 0.196. The largest absolute Gasteiger partial charge is 0.463 e. The van der Waals surface area contributed by atoms with E-state index in [1.165, 1.54) is 25.2 Å². The Labute approximate surface area is 243 Å². The smallest absolute Gasteiger partial charge is 0.303 e. The zero-order valence-electron chi connectivity index (χ0n) is 22.6. The number of rotatable bonds is 6. The summed E-state index contributed by atoms with van der Waals surface area (Å²) in [6.07, 6.45) is -5.66. The van der Waals surface area contributed by atoms with Gasteiger partial charge in [-0.3, -0.25) is 23.7 Å². The van der Waals surface area contributed by atoms with Crippen LogP contribution < -0.4 is 5.73 Å². The van der Waals surface area contributed by atoms with E-state index in [4.69, 9.17) is 41.6 Å². The van der Waals surface area contributed by atoms with Gasteiger partial charge in [-0.1, -0.05) is 24.3 Å². The first-order chi connectivity index (χ1) is 19.5. The molecular formula is C27H27N3O9S2. The van der Waals surface area contributed by atoms with Crippen LogP contribution in [0.25, 0.3) is 21.3 Å². The van der Waals surface area contributed by atoms with Gasteiger partial charge >= 0.3 is 23.9 Å². The molecule has 2 N–H and O–H groups in total. The van der Waals surface area contributed by atoms with Crippen molar-refractivity contribution in [2.45, 2.75) is 64.8 Å². The van der Waals surface area contributed by atoms with Crippen LogP contribution in [0.15, 0.2) is 24.3 Å². The maximum absolute atomic E-state index is 12.3. The van der Waals surface area contributed by atoms with Crippen LogP contribution in [0.1, 0.15) is 44.4 Å². The average Bonchev–Trinajstić information content (AvgIpc) is 3.41. The number of carbonyl (C=O) groups excluding carboxylic acids is 4. The van der Waals surface area contributed by atoms with Gasteiger partial charge in [-0.15, -0.1) is 11.3 Å². The first kappa shape index (κ1) is 28.6. The van der Waals surface area contributed by atoms with Crippen LogP contribution in [-0.4, -0.2) is 64.5 Å². The van der Waals surface area contributed by atoms with Gasteiger partial charge in [0, 0.05) is 44.6 Å². The van der Waals surface area contributed by atoms with Crippen molar-refractivity contribution >= 4 is 63.5 Å². The Hall–Kier alpha value is -3.88. The summed E-state index contributed by atoms with van der Waals surface area (Å²) in [6.45, 7) is 4.36. The maximum atomic E-state index is 12.3. The first-order valence-corrected chi connectivity index (χ1v) is 13.9. The summed E-state index contributed by atoms with van der Waals surface area (Å²) in [5, 5.41) is 0.649. The minimum atomic E-state index is -1.35. The molecule has 0 bridgehead atoms. The van der Waals surface area contributed by atoms with E-state index >= 15 is 0 Å². The molecule has 0 radical (unpaired) electrons. The summed E-state index contributed by atoms with van der Waals surface area (Å²) < 4.78 is 29.9. The van der Waals surface area contributed by atoms with Crippen LogP contribution in [-0.2, 0) is 49.3 Å². The van der Waals surface area contributed by atoms with Gasteiger partial charge in [0.15, 0.2) is 24.5 Å². The van der Waals surface area contributed by atoms with Crippen molar-refractivity contribution in [2.24, 2.45) is 0 Å². The van der Waals surface area contributed by atoms with Gasteiger partial charge in [-0.25, -0.2) is 4.98 Å². The van der Waals surface area contributed by atoms with E-state index in [0.717, 1.165) is 35.4 Å². The second-order valence-electron chi connectivity index (χ2n) is 9.65. The number of esters is 4. The lowest BCUT2D eigenvalue weighted by atomic mass is 9.97. The molecule has 0 saturated carbocycles. The van der Waals surface area contributed by atoms with E-state index in [9.17, 15) is 19.2 Å². The van der Waals surface area contributed by atoms with Crippen molar-refractivity contribution in [1.82, 2.24) is 9.55 Å².